The van der Waals surface area contributed by atoms with Crippen LogP contribution in [0.5, 0.6) is 11.5 Å². The normalized spacial score (nSPS) is 11.8. The van der Waals surface area contributed by atoms with E-state index in [0.29, 0.717) is 0 Å². The number of aromatic nitrogens is 1. The van der Waals surface area contributed by atoms with Crippen molar-refractivity contribution in [3.63, 3.8) is 0 Å². The standard InChI is InChI=1S/C46H30N2O/c1-2-13-31(14-3-1)35-18-6-8-20-39(35)47(40-23-12-16-32-15-4-5-17-36(32)40)34-27-25-33(26-28-34)37-29-30-44-46-45(37)38-19-7-9-21-41(38)48(46)42-22-10-11-24-43(42)49-44/h1-30H. The molecule has 0 fully saturated rings. The summed E-state index contributed by atoms with van der Waals surface area (Å²) in [5, 5.41) is 4.84. The Labute approximate surface area is 284 Å². The number of hydrogen-bond donors (Lipinski definition) is 0. The molecular weight excluding hydrogens is 597 g/mol. The average Bonchev–Trinajstić information content (AvgIpc) is 3.53. The van der Waals surface area contributed by atoms with E-state index in [-0.39, 0.29) is 0 Å². The van der Waals surface area contributed by atoms with Gasteiger partial charge in [0, 0.05) is 27.4 Å². The Kier molecular flexibility index (Phi) is 6.18. The second kappa shape index (κ2) is 11.0. The van der Waals surface area contributed by atoms with E-state index in [1.54, 1.807) is 0 Å². The zero-order valence-corrected chi connectivity index (χ0v) is 26.6. The first-order valence-corrected chi connectivity index (χ1v) is 16.7. The Morgan fingerprint density at radius 3 is 2.00 bits per heavy atom. The van der Waals surface area contributed by atoms with Crippen LogP contribution in [0.4, 0.5) is 17.1 Å². The minimum Gasteiger partial charge on any atom is -0.453 e. The van der Waals surface area contributed by atoms with Crippen molar-refractivity contribution in [3.05, 3.63) is 182 Å². The second-order valence-electron chi connectivity index (χ2n) is 12.5. The van der Waals surface area contributed by atoms with Crippen molar-refractivity contribution in [2.24, 2.45) is 0 Å². The maximum absolute atomic E-state index is 6.47. The highest BCUT2D eigenvalue weighted by molar-refractivity contribution is 6.18. The van der Waals surface area contributed by atoms with Gasteiger partial charge in [-0.05, 0) is 76.7 Å². The first kappa shape index (κ1) is 27.5. The molecule has 0 amide bonds. The van der Waals surface area contributed by atoms with Gasteiger partial charge in [-0.1, -0.05) is 127 Å². The van der Waals surface area contributed by atoms with Gasteiger partial charge in [-0.15, -0.1) is 0 Å². The van der Waals surface area contributed by atoms with Gasteiger partial charge in [0.25, 0.3) is 0 Å². The van der Waals surface area contributed by atoms with E-state index in [4.69, 9.17) is 4.74 Å². The number of fused-ring (bicyclic) bond motifs is 6. The van der Waals surface area contributed by atoms with Crippen molar-refractivity contribution in [2.75, 3.05) is 4.90 Å². The lowest BCUT2D eigenvalue weighted by atomic mass is 9.97. The van der Waals surface area contributed by atoms with Gasteiger partial charge in [-0.25, -0.2) is 0 Å². The largest absolute Gasteiger partial charge is 0.453 e. The Balaban J connectivity index is 1.17. The van der Waals surface area contributed by atoms with Crippen LogP contribution in [0.2, 0.25) is 0 Å². The predicted octanol–water partition coefficient (Wildman–Crippen LogP) is 12.8. The number of hydrogen-bond acceptors (Lipinski definition) is 2. The van der Waals surface area contributed by atoms with Gasteiger partial charge in [-0.2, -0.15) is 0 Å². The van der Waals surface area contributed by atoms with Crippen LogP contribution in [0.25, 0.3) is 60.5 Å². The van der Waals surface area contributed by atoms with Crippen molar-refractivity contribution < 1.29 is 4.74 Å². The van der Waals surface area contributed by atoms with Gasteiger partial charge >= 0.3 is 0 Å². The third-order valence-corrected chi connectivity index (χ3v) is 9.78. The molecule has 0 saturated heterocycles. The Morgan fingerprint density at radius 1 is 0.429 bits per heavy atom. The summed E-state index contributed by atoms with van der Waals surface area (Å²) in [5.74, 6) is 1.75. The van der Waals surface area contributed by atoms with Crippen LogP contribution in [-0.2, 0) is 0 Å². The lowest BCUT2D eigenvalue weighted by molar-refractivity contribution is 0.476. The monoisotopic (exact) mass is 626 g/mol. The summed E-state index contributed by atoms with van der Waals surface area (Å²) in [4.78, 5) is 2.40. The van der Waals surface area contributed by atoms with Crippen LogP contribution in [0.15, 0.2) is 182 Å². The average molecular weight is 627 g/mol. The fourth-order valence-electron chi connectivity index (χ4n) is 7.62. The van der Waals surface area contributed by atoms with Crippen molar-refractivity contribution in [1.82, 2.24) is 4.57 Å². The molecule has 0 atom stereocenters. The summed E-state index contributed by atoms with van der Waals surface area (Å²) < 4.78 is 8.83. The minimum absolute atomic E-state index is 0.874. The molecule has 0 aliphatic carbocycles. The van der Waals surface area contributed by atoms with Gasteiger partial charge < -0.3 is 14.2 Å². The van der Waals surface area contributed by atoms with Gasteiger partial charge in [0.2, 0.25) is 0 Å². The zero-order valence-electron chi connectivity index (χ0n) is 26.6. The SMILES string of the molecule is c1ccc(-c2ccccc2N(c2ccc(-c3ccc4c5c3c3ccccc3n5-c3ccccc3O4)cc2)c2cccc3ccccc23)cc1. The minimum atomic E-state index is 0.874. The van der Waals surface area contributed by atoms with E-state index in [2.05, 4.69) is 179 Å². The van der Waals surface area contributed by atoms with E-state index >= 15 is 0 Å². The van der Waals surface area contributed by atoms with Crippen LogP contribution in [0, 0.1) is 0 Å². The van der Waals surface area contributed by atoms with Crippen molar-refractivity contribution in [2.45, 2.75) is 0 Å². The first-order valence-electron chi connectivity index (χ1n) is 16.7. The Hall–Kier alpha value is -6.58. The number of nitrogens with zero attached hydrogens (tertiary/aromatic N) is 2. The highest BCUT2D eigenvalue weighted by atomic mass is 16.5. The molecule has 0 unspecified atom stereocenters. The summed E-state index contributed by atoms with van der Waals surface area (Å²) in [7, 11) is 0. The van der Waals surface area contributed by atoms with Crippen LogP contribution in [0.1, 0.15) is 0 Å². The maximum Gasteiger partial charge on any atom is 0.152 e. The highest BCUT2D eigenvalue weighted by Gasteiger charge is 2.26. The molecule has 0 spiro atoms. The number of anilines is 3. The number of para-hydroxylation sites is 4. The topological polar surface area (TPSA) is 17.4 Å². The Morgan fingerprint density at radius 2 is 1.10 bits per heavy atom. The van der Waals surface area contributed by atoms with E-state index in [9.17, 15) is 0 Å². The number of ether oxygens (including phenoxy) is 1. The zero-order chi connectivity index (χ0) is 32.3. The smallest absolute Gasteiger partial charge is 0.152 e. The molecule has 0 bridgehead atoms. The Bertz CT molecular complexity index is 2680. The van der Waals surface area contributed by atoms with Crippen molar-refractivity contribution >= 4 is 49.6 Å². The van der Waals surface area contributed by atoms with Crippen LogP contribution < -0.4 is 9.64 Å². The summed E-state index contributed by atoms with van der Waals surface area (Å²) in [5.41, 5.74) is 11.4. The van der Waals surface area contributed by atoms with E-state index < -0.39 is 0 Å². The van der Waals surface area contributed by atoms with E-state index in [1.165, 1.54) is 43.8 Å². The van der Waals surface area contributed by atoms with E-state index in [1.807, 2.05) is 12.1 Å². The first-order chi connectivity index (χ1) is 24.3. The number of benzene rings is 8. The fraction of sp³-hybridized carbons (Fsp3) is 0. The molecular formula is C46H30N2O. The van der Waals surface area contributed by atoms with Gasteiger partial charge in [0.05, 0.1) is 28.1 Å². The van der Waals surface area contributed by atoms with Gasteiger partial charge in [0.15, 0.2) is 11.5 Å². The van der Waals surface area contributed by atoms with Gasteiger partial charge in [-0.3, -0.25) is 0 Å². The number of rotatable bonds is 5. The molecule has 3 heteroatoms. The molecule has 0 radical (unpaired) electrons. The van der Waals surface area contributed by atoms with E-state index in [0.717, 1.165) is 45.3 Å². The lowest BCUT2D eigenvalue weighted by Gasteiger charge is -2.29. The molecule has 1 aromatic heterocycles. The molecule has 9 aromatic rings. The molecule has 8 aromatic carbocycles. The molecule has 10 rings (SSSR count). The van der Waals surface area contributed by atoms with Gasteiger partial charge in [0.1, 0.15) is 0 Å². The molecule has 49 heavy (non-hydrogen) atoms. The summed E-state index contributed by atoms with van der Waals surface area (Å²) in [6.07, 6.45) is 0. The lowest BCUT2D eigenvalue weighted by Crippen LogP contribution is -2.11. The molecule has 1 aliphatic rings. The van der Waals surface area contributed by atoms with Crippen molar-refractivity contribution in [3.8, 4) is 39.4 Å². The maximum atomic E-state index is 6.47. The molecule has 2 heterocycles. The second-order valence-corrected chi connectivity index (χ2v) is 12.5. The fourth-order valence-corrected chi connectivity index (χ4v) is 7.62. The molecule has 0 N–H and O–H groups in total. The van der Waals surface area contributed by atoms with Crippen LogP contribution in [-0.4, -0.2) is 4.57 Å². The highest BCUT2D eigenvalue weighted by Crippen LogP contribution is 2.49. The summed E-state index contributed by atoms with van der Waals surface area (Å²) >= 11 is 0. The quantitative estimate of drug-likeness (QED) is 0.189. The predicted molar refractivity (Wildman–Crippen MR) is 204 cm³/mol. The van der Waals surface area contributed by atoms with Crippen molar-refractivity contribution in [1.29, 1.82) is 0 Å². The molecule has 230 valence electrons. The molecule has 1 aliphatic heterocycles. The van der Waals surface area contributed by atoms with Crippen LogP contribution >= 0.6 is 0 Å². The molecule has 3 nitrogen and oxygen atoms in total. The third kappa shape index (κ3) is 4.29. The summed E-state index contributed by atoms with van der Waals surface area (Å²) in [6, 6.07) is 64.9. The van der Waals surface area contributed by atoms with Crippen LogP contribution in [0.3, 0.4) is 0 Å². The summed E-state index contributed by atoms with van der Waals surface area (Å²) in [6.45, 7) is 0. The third-order valence-electron chi connectivity index (χ3n) is 9.78. The molecule has 0 saturated carbocycles.